The second-order valence-electron chi connectivity index (χ2n) is 7.04. The number of anilines is 3. The van der Waals surface area contributed by atoms with Gasteiger partial charge in [0.2, 0.25) is 5.95 Å². The molecule has 1 aromatic heterocycles. The molecule has 0 unspecified atom stereocenters. The van der Waals surface area contributed by atoms with E-state index in [1.54, 1.807) is 13.1 Å². The van der Waals surface area contributed by atoms with Crippen LogP contribution in [0.25, 0.3) is 5.57 Å². The second-order valence-corrected chi connectivity index (χ2v) is 7.04. The molecule has 0 fully saturated rings. The number of fused-ring (bicyclic) bond motifs is 1. The van der Waals surface area contributed by atoms with E-state index in [-0.39, 0.29) is 0 Å². The molecule has 2 aromatic rings. The first-order valence-electron chi connectivity index (χ1n) is 9.42. The molecule has 0 saturated heterocycles. The van der Waals surface area contributed by atoms with Crippen molar-refractivity contribution < 1.29 is 14.2 Å². The first kappa shape index (κ1) is 18.6. The van der Waals surface area contributed by atoms with Crippen molar-refractivity contribution in [3.63, 3.8) is 0 Å². The van der Waals surface area contributed by atoms with E-state index in [0.29, 0.717) is 61.3 Å². The van der Waals surface area contributed by atoms with Gasteiger partial charge in [0, 0.05) is 50.3 Å². The van der Waals surface area contributed by atoms with E-state index in [0.717, 1.165) is 16.8 Å². The van der Waals surface area contributed by atoms with Gasteiger partial charge in [-0.3, -0.25) is 0 Å². The van der Waals surface area contributed by atoms with E-state index < -0.39 is 11.9 Å². The lowest BCUT2D eigenvalue weighted by Crippen LogP contribution is -2.24. The van der Waals surface area contributed by atoms with Gasteiger partial charge in [0.15, 0.2) is 5.82 Å². The Morgan fingerprint density at radius 3 is 3.00 bits per heavy atom. The van der Waals surface area contributed by atoms with Gasteiger partial charge in [-0.2, -0.15) is 4.98 Å². The Hall–Kier alpha value is -2.71. The number of aliphatic hydroxyl groups is 1. The molecule has 0 aliphatic carbocycles. The average Bonchev–Trinajstić information content (AvgIpc) is 3.01. The van der Waals surface area contributed by atoms with Gasteiger partial charge in [-0.15, -0.1) is 0 Å². The van der Waals surface area contributed by atoms with Crippen LogP contribution in [0.2, 0.25) is 0 Å². The quantitative estimate of drug-likeness (QED) is 0.642. The van der Waals surface area contributed by atoms with Crippen LogP contribution in [-0.2, 0) is 6.42 Å². The van der Waals surface area contributed by atoms with E-state index >= 15 is 4.39 Å². The van der Waals surface area contributed by atoms with Gasteiger partial charge < -0.3 is 25.8 Å². The van der Waals surface area contributed by atoms with Crippen molar-refractivity contribution in [1.29, 1.82) is 0 Å². The normalized spacial score (nSPS) is 18.7. The smallest absolute Gasteiger partial charge is 0.229 e. The summed E-state index contributed by atoms with van der Waals surface area (Å²) >= 11 is 0. The lowest BCUT2D eigenvalue weighted by atomic mass is 9.95. The summed E-state index contributed by atoms with van der Waals surface area (Å²) in [7, 11) is 1.77. The SMILES string of the molecule is CNc1cc(C)nc(Nc2cc3c(c(C4=CCNC[C@@H](O)C4)c2F)OCC3)n1. The van der Waals surface area contributed by atoms with Gasteiger partial charge in [0.25, 0.3) is 0 Å². The molecule has 1 aromatic carbocycles. The summed E-state index contributed by atoms with van der Waals surface area (Å²) in [5.74, 6) is 1.13. The van der Waals surface area contributed by atoms with Crippen LogP contribution >= 0.6 is 0 Å². The Morgan fingerprint density at radius 1 is 1.32 bits per heavy atom. The molecule has 0 radical (unpaired) electrons. The zero-order valence-electron chi connectivity index (χ0n) is 16.0. The highest BCUT2D eigenvalue weighted by Gasteiger charge is 2.27. The molecular formula is C20H24FN5O2. The predicted molar refractivity (Wildman–Crippen MR) is 107 cm³/mol. The molecular weight excluding hydrogens is 361 g/mol. The number of aliphatic hydroxyl groups excluding tert-OH is 1. The molecule has 0 amide bonds. The van der Waals surface area contributed by atoms with Crippen molar-refractivity contribution in [2.24, 2.45) is 0 Å². The number of halogens is 1. The van der Waals surface area contributed by atoms with Crippen molar-refractivity contribution in [3.8, 4) is 5.75 Å². The Kier molecular flexibility index (Phi) is 5.15. The minimum Gasteiger partial charge on any atom is -0.492 e. The van der Waals surface area contributed by atoms with Crippen LogP contribution in [0.3, 0.4) is 0 Å². The van der Waals surface area contributed by atoms with Crippen LogP contribution in [0.1, 0.15) is 23.2 Å². The molecule has 4 N–H and O–H groups in total. The van der Waals surface area contributed by atoms with Crippen molar-refractivity contribution >= 4 is 23.0 Å². The summed E-state index contributed by atoms with van der Waals surface area (Å²) in [5.41, 5.74) is 3.18. The molecule has 148 valence electrons. The Balaban J connectivity index is 1.77. The molecule has 7 nitrogen and oxygen atoms in total. The monoisotopic (exact) mass is 385 g/mol. The van der Waals surface area contributed by atoms with Crippen molar-refractivity contribution in [1.82, 2.24) is 15.3 Å². The lowest BCUT2D eigenvalue weighted by Gasteiger charge is -2.17. The molecule has 0 bridgehead atoms. The largest absolute Gasteiger partial charge is 0.492 e. The van der Waals surface area contributed by atoms with Gasteiger partial charge in [-0.1, -0.05) is 6.08 Å². The Morgan fingerprint density at radius 2 is 2.18 bits per heavy atom. The van der Waals surface area contributed by atoms with E-state index in [9.17, 15) is 5.11 Å². The first-order chi connectivity index (χ1) is 13.5. The van der Waals surface area contributed by atoms with Crippen LogP contribution < -0.4 is 20.7 Å². The number of aromatic nitrogens is 2. The number of aryl methyl sites for hydroxylation is 1. The Labute approximate surface area is 163 Å². The summed E-state index contributed by atoms with van der Waals surface area (Å²) in [6, 6.07) is 3.58. The second kappa shape index (κ2) is 7.73. The molecule has 2 aliphatic rings. The highest BCUT2D eigenvalue weighted by molar-refractivity contribution is 5.78. The average molecular weight is 385 g/mol. The van der Waals surface area contributed by atoms with Crippen LogP contribution in [0.4, 0.5) is 21.8 Å². The summed E-state index contributed by atoms with van der Waals surface area (Å²) in [6.45, 7) is 3.43. The number of ether oxygens (including phenoxy) is 1. The van der Waals surface area contributed by atoms with Gasteiger partial charge in [0.1, 0.15) is 11.6 Å². The standard InChI is InChI=1S/C20H24FN5O2/c1-11-7-16(22-2)26-20(24-11)25-15-9-13-4-6-28-19(13)17(18(15)21)12-3-5-23-10-14(27)8-12/h3,7,9,14,23,27H,4-6,8,10H2,1-2H3,(H2,22,24,25,26)/t14-/m0/s1. The van der Waals surface area contributed by atoms with Gasteiger partial charge in [0.05, 0.1) is 24.0 Å². The summed E-state index contributed by atoms with van der Waals surface area (Å²) in [6.07, 6.45) is 2.43. The topological polar surface area (TPSA) is 91.3 Å². The number of rotatable bonds is 4. The maximum Gasteiger partial charge on any atom is 0.229 e. The third-order valence-electron chi connectivity index (χ3n) is 4.92. The first-order valence-corrected chi connectivity index (χ1v) is 9.42. The zero-order valence-corrected chi connectivity index (χ0v) is 16.0. The maximum absolute atomic E-state index is 15.6. The minimum absolute atomic E-state index is 0.305. The minimum atomic E-state index is -0.569. The maximum atomic E-state index is 15.6. The van der Waals surface area contributed by atoms with Crippen LogP contribution in [0, 0.1) is 12.7 Å². The predicted octanol–water partition coefficient (Wildman–Crippen LogP) is 2.38. The van der Waals surface area contributed by atoms with E-state index in [1.807, 2.05) is 19.1 Å². The molecule has 0 spiro atoms. The van der Waals surface area contributed by atoms with E-state index in [4.69, 9.17) is 4.74 Å². The summed E-state index contributed by atoms with van der Waals surface area (Å²) in [5, 5.41) is 19.3. The fourth-order valence-corrected chi connectivity index (χ4v) is 3.62. The number of β-amino-alcohol motifs (C(OH)–C–C–N with tert-alkyl or cyclic N) is 1. The van der Waals surface area contributed by atoms with Crippen molar-refractivity contribution in [3.05, 3.63) is 40.8 Å². The third-order valence-corrected chi connectivity index (χ3v) is 4.92. The van der Waals surface area contributed by atoms with Crippen LogP contribution in [-0.4, -0.2) is 47.9 Å². The van der Waals surface area contributed by atoms with E-state index in [2.05, 4.69) is 25.9 Å². The van der Waals surface area contributed by atoms with Crippen molar-refractivity contribution in [2.45, 2.75) is 25.9 Å². The van der Waals surface area contributed by atoms with Gasteiger partial charge in [-0.25, -0.2) is 9.37 Å². The fraction of sp³-hybridized carbons (Fsp3) is 0.400. The number of benzene rings is 1. The van der Waals surface area contributed by atoms with Gasteiger partial charge >= 0.3 is 0 Å². The number of hydrogen-bond acceptors (Lipinski definition) is 7. The number of nitrogens with one attached hydrogen (secondary N) is 3. The molecule has 0 saturated carbocycles. The summed E-state index contributed by atoms with van der Waals surface area (Å²) in [4.78, 5) is 8.71. The number of nitrogens with zero attached hydrogens (tertiary/aromatic N) is 2. The number of hydrogen-bond donors (Lipinski definition) is 4. The van der Waals surface area contributed by atoms with Crippen LogP contribution in [0.5, 0.6) is 5.75 Å². The molecule has 4 rings (SSSR count). The van der Waals surface area contributed by atoms with Crippen LogP contribution in [0.15, 0.2) is 18.2 Å². The molecule has 1 atom stereocenters. The lowest BCUT2D eigenvalue weighted by molar-refractivity contribution is 0.180. The van der Waals surface area contributed by atoms with Gasteiger partial charge in [-0.05, 0) is 18.6 Å². The van der Waals surface area contributed by atoms with E-state index in [1.165, 1.54) is 0 Å². The molecule has 8 heteroatoms. The van der Waals surface area contributed by atoms with Crippen molar-refractivity contribution in [2.75, 3.05) is 37.4 Å². The molecule has 3 heterocycles. The fourth-order valence-electron chi connectivity index (χ4n) is 3.62. The molecule has 2 aliphatic heterocycles. The highest BCUT2D eigenvalue weighted by atomic mass is 19.1. The summed E-state index contributed by atoms with van der Waals surface area (Å²) < 4.78 is 21.3. The molecule has 28 heavy (non-hydrogen) atoms. The Bertz CT molecular complexity index is 931. The third kappa shape index (κ3) is 3.65. The zero-order chi connectivity index (χ0) is 19.7. The highest BCUT2D eigenvalue weighted by Crippen LogP contribution is 2.41.